The number of piperazine rings is 1. The van der Waals surface area contributed by atoms with E-state index in [0.717, 1.165) is 29.9 Å². The molecule has 29 heavy (non-hydrogen) atoms. The Kier molecular flexibility index (Phi) is 4.82. The smallest absolute Gasteiger partial charge is 0.241 e. The molecule has 1 saturated carbocycles. The van der Waals surface area contributed by atoms with Crippen LogP contribution in [0.5, 0.6) is 0 Å². The van der Waals surface area contributed by atoms with E-state index in [9.17, 15) is 9.59 Å². The molecule has 2 amide bonds. The summed E-state index contributed by atoms with van der Waals surface area (Å²) < 4.78 is 0. The molecule has 4 aliphatic rings. The molecule has 3 aliphatic heterocycles. The van der Waals surface area contributed by atoms with Gasteiger partial charge in [0.2, 0.25) is 11.8 Å². The number of carbonyl (C=O) groups excluding carboxylic acids is 2. The number of amides is 2. The number of nitrogens with one attached hydrogen (secondary N) is 2. The van der Waals surface area contributed by atoms with Gasteiger partial charge in [0.15, 0.2) is 0 Å². The molecule has 0 spiro atoms. The highest BCUT2D eigenvalue weighted by molar-refractivity contribution is 5.86. The molecule has 152 valence electrons. The number of nitrogens with zero attached hydrogens (tertiary/aromatic N) is 3. The lowest BCUT2D eigenvalue weighted by atomic mass is 9.75. The third-order valence-corrected chi connectivity index (χ3v) is 6.22. The molecule has 0 aromatic rings. The summed E-state index contributed by atoms with van der Waals surface area (Å²) in [5, 5.41) is 15.6. The number of rotatable bonds is 4. The van der Waals surface area contributed by atoms with Crippen LogP contribution in [-0.4, -0.2) is 53.5 Å². The first-order valence-corrected chi connectivity index (χ1v) is 9.99. The van der Waals surface area contributed by atoms with E-state index in [1.807, 2.05) is 24.2 Å². The van der Waals surface area contributed by atoms with E-state index in [1.54, 1.807) is 6.08 Å². The first-order chi connectivity index (χ1) is 13.9. The van der Waals surface area contributed by atoms with Gasteiger partial charge in [-0.1, -0.05) is 0 Å². The Hall–Kier alpha value is -3.21. The van der Waals surface area contributed by atoms with Crippen molar-refractivity contribution in [2.45, 2.75) is 25.4 Å². The van der Waals surface area contributed by atoms with Crippen LogP contribution in [0.3, 0.4) is 0 Å². The summed E-state index contributed by atoms with van der Waals surface area (Å²) in [7, 11) is 0. The fourth-order valence-corrected chi connectivity index (χ4v) is 4.28. The highest BCUT2D eigenvalue weighted by atomic mass is 16.2. The topological polar surface area (TPSA) is 114 Å². The third-order valence-electron chi connectivity index (χ3n) is 6.22. The predicted octanol–water partition coefficient (Wildman–Crippen LogP) is 0.296. The van der Waals surface area contributed by atoms with Gasteiger partial charge in [0.05, 0.1) is 11.8 Å². The lowest BCUT2D eigenvalue weighted by Gasteiger charge is -2.42. The first kappa shape index (κ1) is 19.1. The van der Waals surface area contributed by atoms with E-state index in [4.69, 9.17) is 11.0 Å². The van der Waals surface area contributed by atoms with E-state index in [1.165, 1.54) is 6.08 Å². The highest BCUT2D eigenvalue weighted by Crippen LogP contribution is 2.35. The summed E-state index contributed by atoms with van der Waals surface area (Å²) in [4.78, 5) is 27.9. The SMILES string of the molecule is CC12NC=C(/C=C/C(N)=O)C1=CC(N1CCN(C(=O)C3CC(C#N)C3)CC1)=CN2. The summed E-state index contributed by atoms with van der Waals surface area (Å²) in [6, 6.07) is 2.24. The van der Waals surface area contributed by atoms with Crippen molar-refractivity contribution >= 4 is 11.8 Å². The number of nitriles is 1. The summed E-state index contributed by atoms with van der Waals surface area (Å²) in [6.07, 6.45) is 10.5. The number of fused-ring (bicyclic) bond motifs is 1. The Balaban J connectivity index is 1.38. The zero-order valence-corrected chi connectivity index (χ0v) is 16.5. The molecule has 0 aromatic heterocycles. The number of carbonyl (C=O) groups is 2. The molecule has 3 heterocycles. The van der Waals surface area contributed by atoms with Gasteiger partial charge in [0.1, 0.15) is 5.66 Å². The molecule has 1 unspecified atom stereocenters. The van der Waals surface area contributed by atoms with Crippen molar-refractivity contribution in [3.8, 4) is 6.07 Å². The van der Waals surface area contributed by atoms with Gasteiger partial charge >= 0.3 is 0 Å². The minimum Gasteiger partial charge on any atom is -0.367 e. The van der Waals surface area contributed by atoms with Crippen molar-refractivity contribution in [1.29, 1.82) is 5.26 Å². The number of hydrogen-bond acceptors (Lipinski definition) is 6. The van der Waals surface area contributed by atoms with Gasteiger partial charge in [0, 0.05) is 62.1 Å². The Morgan fingerprint density at radius 2 is 1.93 bits per heavy atom. The molecular formula is C21H26N6O2. The lowest BCUT2D eigenvalue weighted by molar-refractivity contribution is -0.140. The maximum Gasteiger partial charge on any atom is 0.241 e. The molecule has 0 aromatic carbocycles. The Morgan fingerprint density at radius 3 is 2.59 bits per heavy atom. The lowest BCUT2D eigenvalue weighted by Crippen LogP contribution is -2.53. The molecule has 8 heteroatoms. The van der Waals surface area contributed by atoms with Crippen molar-refractivity contribution < 1.29 is 9.59 Å². The fraction of sp³-hybridized carbons (Fsp3) is 0.476. The van der Waals surface area contributed by atoms with Crippen LogP contribution < -0.4 is 16.4 Å². The minimum atomic E-state index is -0.479. The average Bonchev–Trinajstić information content (AvgIpc) is 3.01. The monoisotopic (exact) mass is 394 g/mol. The number of allylic oxidation sites excluding steroid dienone is 2. The van der Waals surface area contributed by atoms with Crippen LogP contribution in [0.15, 0.2) is 47.5 Å². The second-order valence-electron chi connectivity index (χ2n) is 8.18. The standard InChI is InChI=1S/C21H26N6O2/c1-21-18(15(12-24-21)2-3-19(23)28)10-17(13-25-21)26-4-6-27(7-5-26)20(29)16-8-14(9-16)11-22/h2-3,10,12-14,16,24-25H,4-9H2,1H3,(H2,23,28)/b3-2+. The van der Waals surface area contributed by atoms with E-state index in [-0.39, 0.29) is 17.7 Å². The summed E-state index contributed by atoms with van der Waals surface area (Å²) in [5.41, 5.74) is 7.82. The van der Waals surface area contributed by atoms with Crippen LogP contribution in [0, 0.1) is 23.2 Å². The first-order valence-electron chi connectivity index (χ1n) is 9.99. The van der Waals surface area contributed by atoms with Crippen molar-refractivity contribution in [3.05, 3.63) is 47.5 Å². The fourth-order valence-electron chi connectivity index (χ4n) is 4.28. The van der Waals surface area contributed by atoms with E-state index < -0.39 is 11.6 Å². The predicted molar refractivity (Wildman–Crippen MR) is 107 cm³/mol. The zero-order valence-electron chi connectivity index (χ0n) is 16.5. The van der Waals surface area contributed by atoms with E-state index in [2.05, 4.69) is 27.7 Å². The number of nitrogens with two attached hydrogens (primary N) is 1. The third kappa shape index (κ3) is 3.60. The number of hydrogen-bond donors (Lipinski definition) is 3. The molecule has 1 aliphatic carbocycles. The van der Waals surface area contributed by atoms with Gasteiger partial charge in [0.25, 0.3) is 0 Å². The average molecular weight is 394 g/mol. The molecular weight excluding hydrogens is 368 g/mol. The van der Waals surface area contributed by atoms with Crippen molar-refractivity contribution in [1.82, 2.24) is 20.4 Å². The van der Waals surface area contributed by atoms with Crippen LogP contribution in [0.2, 0.25) is 0 Å². The zero-order chi connectivity index (χ0) is 20.6. The molecule has 1 saturated heterocycles. The van der Waals surface area contributed by atoms with Crippen LogP contribution in [0.4, 0.5) is 0 Å². The molecule has 1 atom stereocenters. The maximum absolute atomic E-state index is 12.6. The second kappa shape index (κ2) is 7.32. The molecule has 0 radical (unpaired) electrons. The minimum absolute atomic E-state index is 0.0268. The molecule has 8 nitrogen and oxygen atoms in total. The largest absolute Gasteiger partial charge is 0.367 e. The van der Waals surface area contributed by atoms with Gasteiger partial charge in [-0.05, 0) is 37.5 Å². The summed E-state index contributed by atoms with van der Waals surface area (Å²) >= 11 is 0. The van der Waals surface area contributed by atoms with Gasteiger partial charge in [-0.2, -0.15) is 5.26 Å². The van der Waals surface area contributed by atoms with Crippen LogP contribution in [-0.2, 0) is 9.59 Å². The van der Waals surface area contributed by atoms with Crippen molar-refractivity contribution in [2.24, 2.45) is 17.6 Å². The van der Waals surface area contributed by atoms with Crippen molar-refractivity contribution in [3.63, 3.8) is 0 Å². The quantitative estimate of drug-likeness (QED) is 0.591. The van der Waals surface area contributed by atoms with Gasteiger partial charge < -0.3 is 26.2 Å². The van der Waals surface area contributed by atoms with Crippen LogP contribution in [0.25, 0.3) is 0 Å². The van der Waals surface area contributed by atoms with Gasteiger partial charge in [-0.15, -0.1) is 0 Å². The van der Waals surface area contributed by atoms with Crippen LogP contribution in [0.1, 0.15) is 19.8 Å². The Morgan fingerprint density at radius 1 is 1.24 bits per heavy atom. The van der Waals surface area contributed by atoms with Crippen LogP contribution >= 0.6 is 0 Å². The van der Waals surface area contributed by atoms with E-state index >= 15 is 0 Å². The maximum atomic E-state index is 12.6. The Bertz CT molecular complexity index is 881. The normalized spacial score (nSPS) is 30.8. The number of primary amides is 1. The Labute approximate surface area is 170 Å². The molecule has 4 N–H and O–H groups in total. The van der Waals surface area contributed by atoms with Crippen molar-refractivity contribution in [2.75, 3.05) is 26.2 Å². The molecule has 2 fully saturated rings. The molecule has 0 bridgehead atoms. The number of dihydropyridines is 1. The van der Waals surface area contributed by atoms with Gasteiger partial charge in [-0.3, -0.25) is 9.59 Å². The highest BCUT2D eigenvalue weighted by Gasteiger charge is 2.39. The second-order valence-corrected chi connectivity index (χ2v) is 8.18. The summed E-state index contributed by atoms with van der Waals surface area (Å²) in [6.45, 7) is 4.94. The summed E-state index contributed by atoms with van der Waals surface area (Å²) in [5.74, 6) is -0.206. The van der Waals surface area contributed by atoms with Gasteiger partial charge in [-0.25, -0.2) is 0 Å². The van der Waals surface area contributed by atoms with E-state index in [0.29, 0.717) is 25.9 Å². The molecule has 4 rings (SSSR count).